The fourth-order valence-corrected chi connectivity index (χ4v) is 4.03. The number of hydrogen-bond acceptors (Lipinski definition) is 4. The quantitative estimate of drug-likeness (QED) is 0.333. The predicted molar refractivity (Wildman–Crippen MR) is 133 cm³/mol. The molecule has 0 radical (unpaired) electrons. The van der Waals surface area contributed by atoms with Crippen LogP contribution in [0, 0.1) is 11.3 Å². The molecule has 2 N–H and O–H groups in total. The molecule has 0 aliphatic heterocycles. The number of allylic oxidation sites excluding steroid dienone is 7. The second-order valence-electron chi connectivity index (χ2n) is 10.1. The molecule has 0 heterocycles. The van der Waals surface area contributed by atoms with Gasteiger partial charge in [0.15, 0.2) is 5.78 Å². The van der Waals surface area contributed by atoms with E-state index in [-0.39, 0.29) is 17.1 Å². The maximum atomic E-state index is 13.3. The average Bonchev–Trinajstić information content (AvgIpc) is 2.69. The zero-order valence-electron chi connectivity index (χ0n) is 21.6. The second-order valence-corrected chi connectivity index (χ2v) is 10.1. The molecule has 180 valence electrons. The number of ether oxygens (including phenoxy) is 1. The molecule has 1 aliphatic carbocycles. The lowest BCUT2D eigenvalue weighted by Gasteiger charge is -2.43. The van der Waals surface area contributed by atoms with Gasteiger partial charge in [-0.3, -0.25) is 4.79 Å². The van der Waals surface area contributed by atoms with Gasteiger partial charge in [-0.25, -0.2) is 0 Å². The summed E-state index contributed by atoms with van der Waals surface area (Å²) in [5.41, 5.74) is 3.23. The molecule has 1 unspecified atom stereocenters. The van der Waals surface area contributed by atoms with E-state index < -0.39 is 11.5 Å². The Morgan fingerprint density at radius 1 is 1.00 bits per heavy atom. The summed E-state index contributed by atoms with van der Waals surface area (Å²) in [5.74, 6) is 0.618. The zero-order valence-corrected chi connectivity index (χ0v) is 21.6. The van der Waals surface area contributed by atoms with Crippen molar-refractivity contribution in [1.82, 2.24) is 0 Å². The number of carbonyl (C=O) groups is 1. The molecule has 0 saturated heterocycles. The van der Waals surface area contributed by atoms with E-state index in [0.717, 1.165) is 16.7 Å². The van der Waals surface area contributed by atoms with Crippen molar-refractivity contribution in [2.75, 3.05) is 7.11 Å². The Hall–Kier alpha value is -2.07. The molecule has 0 aromatic rings. The van der Waals surface area contributed by atoms with E-state index in [9.17, 15) is 15.0 Å². The molecule has 0 bridgehead atoms. The van der Waals surface area contributed by atoms with E-state index in [4.69, 9.17) is 4.74 Å². The van der Waals surface area contributed by atoms with Gasteiger partial charge in [0, 0.05) is 12.0 Å². The Morgan fingerprint density at radius 2 is 1.50 bits per heavy atom. The minimum absolute atomic E-state index is 0.120. The highest BCUT2D eigenvalue weighted by atomic mass is 16.5. The van der Waals surface area contributed by atoms with Crippen molar-refractivity contribution in [2.45, 2.75) is 93.6 Å². The van der Waals surface area contributed by atoms with Gasteiger partial charge < -0.3 is 14.9 Å². The van der Waals surface area contributed by atoms with Gasteiger partial charge in [-0.1, -0.05) is 48.8 Å². The van der Waals surface area contributed by atoms with Crippen molar-refractivity contribution in [1.29, 1.82) is 0 Å². The third-order valence-electron chi connectivity index (χ3n) is 5.98. The lowest BCUT2D eigenvalue weighted by Crippen LogP contribution is -2.44. The molecule has 0 aromatic heterocycles. The van der Waals surface area contributed by atoms with E-state index in [0.29, 0.717) is 49.4 Å². The van der Waals surface area contributed by atoms with Crippen molar-refractivity contribution in [3.63, 3.8) is 0 Å². The molecule has 1 rings (SSSR count). The van der Waals surface area contributed by atoms with Crippen molar-refractivity contribution in [2.24, 2.45) is 11.3 Å². The number of carbonyl (C=O) groups excluding carboxylic acids is 1. The Balaban J connectivity index is 3.84. The average molecular weight is 445 g/mol. The number of hydrogen-bond donors (Lipinski definition) is 2. The summed E-state index contributed by atoms with van der Waals surface area (Å²) in [7, 11) is 1.59. The van der Waals surface area contributed by atoms with Crippen LogP contribution in [0.1, 0.15) is 87.5 Å². The van der Waals surface area contributed by atoms with Gasteiger partial charge >= 0.3 is 0 Å². The zero-order chi connectivity index (χ0) is 24.6. The fraction of sp³-hybridized carbons (Fsp3) is 0.607. The molecule has 0 fully saturated rings. The number of aliphatic hydroxyl groups is 2. The molecule has 0 aromatic carbocycles. The molecule has 0 saturated carbocycles. The first kappa shape index (κ1) is 28.0. The van der Waals surface area contributed by atoms with Crippen LogP contribution in [0.2, 0.25) is 0 Å². The Kier molecular flexibility index (Phi) is 10.7. The normalized spacial score (nSPS) is 17.9. The summed E-state index contributed by atoms with van der Waals surface area (Å²) in [6.45, 7) is 16.2. The maximum absolute atomic E-state index is 13.3. The van der Waals surface area contributed by atoms with Gasteiger partial charge in [0.25, 0.3) is 0 Å². The van der Waals surface area contributed by atoms with E-state index in [1.54, 1.807) is 7.11 Å². The van der Waals surface area contributed by atoms with Gasteiger partial charge in [0.2, 0.25) is 0 Å². The van der Waals surface area contributed by atoms with Gasteiger partial charge in [-0.2, -0.15) is 0 Å². The van der Waals surface area contributed by atoms with Crippen LogP contribution in [-0.2, 0) is 9.53 Å². The number of aliphatic hydroxyl groups excluding tert-OH is 2. The molecule has 4 heteroatoms. The first-order valence-electron chi connectivity index (χ1n) is 11.7. The summed E-state index contributed by atoms with van der Waals surface area (Å²) in [6, 6.07) is 0. The highest BCUT2D eigenvalue weighted by Gasteiger charge is 2.50. The van der Waals surface area contributed by atoms with Crippen LogP contribution in [0.15, 0.2) is 57.6 Å². The van der Waals surface area contributed by atoms with Crippen molar-refractivity contribution in [3.05, 3.63) is 57.6 Å². The molecular formula is C28H44O4. The highest BCUT2D eigenvalue weighted by Crippen LogP contribution is 2.50. The van der Waals surface area contributed by atoms with Crippen LogP contribution < -0.4 is 0 Å². The molecule has 1 aliphatic rings. The van der Waals surface area contributed by atoms with Gasteiger partial charge in [0.05, 0.1) is 24.2 Å². The van der Waals surface area contributed by atoms with E-state index in [1.807, 2.05) is 47.6 Å². The van der Waals surface area contributed by atoms with E-state index in [1.165, 1.54) is 0 Å². The molecular weight excluding hydrogens is 400 g/mol. The number of methoxy groups -OCH3 is 1. The van der Waals surface area contributed by atoms with Crippen LogP contribution in [0.4, 0.5) is 0 Å². The topological polar surface area (TPSA) is 66.8 Å². The Labute approximate surface area is 195 Å². The van der Waals surface area contributed by atoms with E-state index >= 15 is 0 Å². The van der Waals surface area contributed by atoms with Crippen molar-refractivity contribution >= 4 is 5.78 Å². The summed E-state index contributed by atoms with van der Waals surface area (Å²) >= 11 is 0. The van der Waals surface area contributed by atoms with Crippen LogP contribution >= 0.6 is 0 Å². The van der Waals surface area contributed by atoms with Crippen LogP contribution in [0.25, 0.3) is 0 Å². The summed E-state index contributed by atoms with van der Waals surface area (Å²) < 4.78 is 5.91. The van der Waals surface area contributed by atoms with Crippen LogP contribution in [0.3, 0.4) is 0 Å². The third-order valence-corrected chi connectivity index (χ3v) is 5.98. The predicted octanol–water partition coefficient (Wildman–Crippen LogP) is 7.13. The lowest BCUT2D eigenvalue weighted by molar-refractivity contribution is -0.118. The molecule has 0 amide bonds. The van der Waals surface area contributed by atoms with E-state index in [2.05, 4.69) is 26.0 Å². The molecule has 32 heavy (non-hydrogen) atoms. The van der Waals surface area contributed by atoms with Gasteiger partial charge in [-0.05, 0) is 73.1 Å². The minimum atomic E-state index is -1.15. The largest absolute Gasteiger partial charge is 0.507 e. The highest BCUT2D eigenvalue weighted by molar-refractivity contribution is 5.98. The summed E-state index contributed by atoms with van der Waals surface area (Å²) in [5, 5.41) is 22.9. The maximum Gasteiger partial charge on any atom is 0.165 e. The summed E-state index contributed by atoms with van der Waals surface area (Å²) in [4.78, 5) is 13.3. The number of ketones is 1. The number of Topliss-reactive ketones (excluding diaryl/α,β-unsaturated/α-hetero) is 1. The first-order valence-corrected chi connectivity index (χ1v) is 11.7. The van der Waals surface area contributed by atoms with Gasteiger partial charge in [-0.15, -0.1) is 0 Å². The molecule has 4 nitrogen and oxygen atoms in total. The SMILES string of the molecule is COC1=C(CC=C(C)C)C(O)=C(C(=O)CCC(C)C)C(O)C1(CC=C(C)C)CC=C(C)C. The Bertz CT molecular complexity index is 801. The minimum Gasteiger partial charge on any atom is -0.507 e. The third kappa shape index (κ3) is 6.96. The lowest BCUT2D eigenvalue weighted by atomic mass is 9.65. The molecule has 1 atom stereocenters. The second kappa shape index (κ2) is 12.2. The van der Waals surface area contributed by atoms with Crippen molar-refractivity contribution in [3.8, 4) is 0 Å². The fourth-order valence-electron chi connectivity index (χ4n) is 4.03. The van der Waals surface area contributed by atoms with Gasteiger partial charge in [0.1, 0.15) is 11.5 Å². The summed E-state index contributed by atoms with van der Waals surface area (Å²) in [6.07, 6.45) is 7.50. The monoisotopic (exact) mass is 444 g/mol. The van der Waals surface area contributed by atoms with Crippen LogP contribution in [-0.4, -0.2) is 29.2 Å². The Morgan fingerprint density at radius 3 is 1.91 bits per heavy atom. The number of rotatable bonds is 11. The first-order chi connectivity index (χ1) is 14.9. The van der Waals surface area contributed by atoms with Crippen molar-refractivity contribution < 1.29 is 19.7 Å². The van der Waals surface area contributed by atoms with Crippen LogP contribution in [0.5, 0.6) is 0 Å². The standard InChI is InChI=1S/C28H44O4/c1-18(2)10-12-22-25(30)24(23(29)13-11-19(3)4)26(31)28(27(22)32-9,16-14-20(5)6)17-15-21(7)8/h10,14-15,19,26,30-31H,11-13,16-17H2,1-9H3. The molecule has 0 spiro atoms. The smallest absolute Gasteiger partial charge is 0.165 e.